The first-order valence-electron chi connectivity index (χ1n) is 8.60. The number of halogens is 2. The third kappa shape index (κ3) is 4.43. The summed E-state index contributed by atoms with van der Waals surface area (Å²) in [6.45, 7) is 2.13. The average Bonchev–Trinajstić information content (AvgIpc) is 3.34. The van der Waals surface area contributed by atoms with Crippen LogP contribution < -0.4 is 10.3 Å². The summed E-state index contributed by atoms with van der Waals surface area (Å²) in [5.41, 5.74) is 3.86. The molecule has 0 saturated carbocycles. The van der Waals surface area contributed by atoms with Gasteiger partial charge in [0.05, 0.1) is 26.0 Å². The van der Waals surface area contributed by atoms with Crippen LogP contribution in [0.1, 0.15) is 24.1 Å². The van der Waals surface area contributed by atoms with Crippen molar-refractivity contribution in [2.45, 2.75) is 19.3 Å². The summed E-state index contributed by atoms with van der Waals surface area (Å²) in [4.78, 5) is 13.6. The Morgan fingerprint density at radius 1 is 1.22 bits per heavy atom. The number of hydrazone groups is 1. The van der Waals surface area contributed by atoms with Gasteiger partial charge in [0.25, 0.3) is 0 Å². The zero-order chi connectivity index (χ0) is 18.6. The minimum atomic E-state index is 0.427. The van der Waals surface area contributed by atoms with E-state index >= 15 is 0 Å². The SMILES string of the molecule is Clc1cnc(N/N=C\c2sc(N3CCCCC3)nc2-c2cccs2)c(Cl)c1. The third-order valence-electron chi connectivity index (χ3n) is 4.18. The Kier molecular flexibility index (Phi) is 5.92. The summed E-state index contributed by atoms with van der Waals surface area (Å²) in [7, 11) is 0. The highest BCUT2D eigenvalue weighted by Gasteiger charge is 2.19. The second-order valence-corrected chi connectivity index (χ2v) is 8.89. The normalized spacial score (nSPS) is 14.8. The van der Waals surface area contributed by atoms with Gasteiger partial charge in [0.1, 0.15) is 5.69 Å². The number of hydrogen-bond donors (Lipinski definition) is 1. The standard InChI is InChI=1S/C18H17Cl2N5S2/c19-12-9-13(20)17(21-10-12)24-22-11-15-16(14-5-4-8-26-14)23-18(27-15)25-6-2-1-3-7-25/h4-5,8-11H,1-3,6-7H2,(H,21,24)/b22-11-. The Morgan fingerprint density at radius 3 is 2.81 bits per heavy atom. The molecule has 0 amide bonds. The number of rotatable bonds is 5. The first kappa shape index (κ1) is 18.7. The highest BCUT2D eigenvalue weighted by Crippen LogP contribution is 2.35. The van der Waals surface area contributed by atoms with Gasteiger partial charge in [0.15, 0.2) is 10.9 Å². The number of hydrogen-bond acceptors (Lipinski definition) is 7. The number of nitrogens with one attached hydrogen (secondary N) is 1. The molecule has 4 heterocycles. The molecule has 0 atom stereocenters. The lowest BCUT2D eigenvalue weighted by molar-refractivity contribution is 0.577. The zero-order valence-electron chi connectivity index (χ0n) is 14.4. The van der Waals surface area contributed by atoms with Crippen molar-refractivity contribution in [2.24, 2.45) is 5.10 Å². The first-order chi connectivity index (χ1) is 13.2. The van der Waals surface area contributed by atoms with E-state index in [0.29, 0.717) is 15.9 Å². The summed E-state index contributed by atoms with van der Waals surface area (Å²) in [6, 6.07) is 5.75. The number of thiophene rings is 1. The quantitative estimate of drug-likeness (QED) is 0.392. The van der Waals surface area contributed by atoms with Crippen LogP contribution in [0.4, 0.5) is 10.9 Å². The van der Waals surface area contributed by atoms with Gasteiger partial charge >= 0.3 is 0 Å². The van der Waals surface area contributed by atoms with Crippen LogP contribution in [-0.4, -0.2) is 29.3 Å². The van der Waals surface area contributed by atoms with Gasteiger partial charge in [0, 0.05) is 19.3 Å². The molecule has 140 valence electrons. The fraction of sp³-hybridized carbons (Fsp3) is 0.278. The van der Waals surface area contributed by atoms with Crippen molar-refractivity contribution in [1.29, 1.82) is 0 Å². The molecule has 9 heteroatoms. The molecule has 4 rings (SSSR count). The van der Waals surface area contributed by atoms with Gasteiger partial charge in [-0.05, 0) is 36.8 Å². The second-order valence-electron chi connectivity index (χ2n) is 6.09. The summed E-state index contributed by atoms with van der Waals surface area (Å²) >= 11 is 15.4. The molecule has 0 radical (unpaired) electrons. The Morgan fingerprint density at radius 2 is 2.07 bits per heavy atom. The second kappa shape index (κ2) is 8.56. The molecule has 0 aliphatic carbocycles. The summed E-state index contributed by atoms with van der Waals surface area (Å²) < 4.78 is 0. The summed E-state index contributed by atoms with van der Waals surface area (Å²) in [6.07, 6.45) is 7.06. The lowest BCUT2D eigenvalue weighted by Crippen LogP contribution is -2.29. The maximum absolute atomic E-state index is 6.13. The van der Waals surface area contributed by atoms with E-state index in [1.54, 1.807) is 35.0 Å². The lowest BCUT2D eigenvalue weighted by atomic mass is 10.1. The molecule has 1 fully saturated rings. The predicted octanol–water partition coefficient (Wildman–Crippen LogP) is 6.01. The first-order valence-corrected chi connectivity index (χ1v) is 11.1. The van der Waals surface area contributed by atoms with Gasteiger partial charge in [-0.3, -0.25) is 5.43 Å². The fourth-order valence-electron chi connectivity index (χ4n) is 2.87. The minimum absolute atomic E-state index is 0.427. The van der Waals surface area contributed by atoms with E-state index in [4.69, 9.17) is 28.2 Å². The van der Waals surface area contributed by atoms with Crippen molar-refractivity contribution in [3.05, 3.63) is 44.7 Å². The highest BCUT2D eigenvalue weighted by molar-refractivity contribution is 7.18. The van der Waals surface area contributed by atoms with Gasteiger partial charge in [-0.1, -0.05) is 40.6 Å². The Balaban J connectivity index is 1.59. The minimum Gasteiger partial charge on any atom is -0.348 e. The van der Waals surface area contributed by atoms with Crippen LogP contribution >= 0.6 is 45.9 Å². The van der Waals surface area contributed by atoms with E-state index < -0.39 is 0 Å². The number of piperidine rings is 1. The third-order valence-corrected chi connectivity index (χ3v) is 6.61. The van der Waals surface area contributed by atoms with E-state index in [2.05, 4.69) is 31.9 Å². The largest absolute Gasteiger partial charge is 0.348 e. The van der Waals surface area contributed by atoms with Crippen molar-refractivity contribution in [2.75, 3.05) is 23.4 Å². The molecule has 5 nitrogen and oxygen atoms in total. The number of anilines is 2. The zero-order valence-corrected chi connectivity index (χ0v) is 17.5. The number of aromatic nitrogens is 2. The van der Waals surface area contributed by atoms with Crippen molar-refractivity contribution in [3.63, 3.8) is 0 Å². The van der Waals surface area contributed by atoms with Gasteiger partial charge in [-0.15, -0.1) is 11.3 Å². The highest BCUT2D eigenvalue weighted by atomic mass is 35.5. The summed E-state index contributed by atoms with van der Waals surface area (Å²) in [5, 5.41) is 8.36. The number of nitrogens with zero attached hydrogens (tertiary/aromatic N) is 4. The van der Waals surface area contributed by atoms with Crippen molar-refractivity contribution in [3.8, 4) is 10.6 Å². The van der Waals surface area contributed by atoms with Gasteiger partial charge < -0.3 is 4.90 Å². The lowest BCUT2D eigenvalue weighted by Gasteiger charge is -2.25. The molecule has 0 aromatic carbocycles. The Labute approximate surface area is 175 Å². The van der Waals surface area contributed by atoms with Gasteiger partial charge in [0.2, 0.25) is 0 Å². The van der Waals surface area contributed by atoms with E-state index in [0.717, 1.165) is 33.7 Å². The molecule has 3 aromatic heterocycles. The Hall–Kier alpha value is -1.67. The number of thiazole rings is 1. The van der Waals surface area contributed by atoms with Gasteiger partial charge in [-0.2, -0.15) is 5.10 Å². The van der Waals surface area contributed by atoms with Crippen LogP contribution in [0.5, 0.6) is 0 Å². The van der Waals surface area contributed by atoms with Crippen molar-refractivity contribution >= 4 is 63.0 Å². The van der Waals surface area contributed by atoms with E-state index in [1.165, 1.54) is 25.5 Å². The maximum atomic E-state index is 6.13. The average molecular weight is 438 g/mol. The molecule has 1 saturated heterocycles. The monoisotopic (exact) mass is 437 g/mol. The molecule has 0 unspecified atom stereocenters. The van der Waals surface area contributed by atoms with Gasteiger partial charge in [-0.25, -0.2) is 9.97 Å². The van der Waals surface area contributed by atoms with Crippen LogP contribution in [-0.2, 0) is 0 Å². The van der Waals surface area contributed by atoms with Crippen LogP contribution in [0.3, 0.4) is 0 Å². The van der Waals surface area contributed by atoms with Crippen LogP contribution in [0.2, 0.25) is 10.0 Å². The molecular formula is C18H17Cl2N5S2. The molecule has 1 N–H and O–H groups in total. The molecule has 27 heavy (non-hydrogen) atoms. The summed E-state index contributed by atoms with van der Waals surface area (Å²) in [5.74, 6) is 0.468. The molecule has 0 spiro atoms. The Bertz CT molecular complexity index is 933. The topological polar surface area (TPSA) is 53.4 Å². The number of pyridine rings is 1. The predicted molar refractivity (Wildman–Crippen MR) is 117 cm³/mol. The van der Waals surface area contributed by atoms with Crippen molar-refractivity contribution in [1.82, 2.24) is 9.97 Å². The molecule has 3 aromatic rings. The molecule has 1 aliphatic heterocycles. The van der Waals surface area contributed by atoms with E-state index in [-0.39, 0.29) is 0 Å². The van der Waals surface area contributed by atoms with Crippen molar-refractivity contribution < 1.29 is 0 Å². The van der Waals surface area contributed by atoms with Crippen LogP contribution in [0.15, 0.2) is 34.9 Å². The molecular weight excluding hydrogens is 421 g/mol. The van der Waals surface area contributed by atoms with Crippen LogP contribution in [0.25, 0.3) is 10.6 Å². The van der Waals surface area contributed by atoms with E-state index in [9.17, 15) is 0 Å². The smallest absolute Gasteiger partial charge is 0.186 e. The maximum Gasteiger partial charge on any atom is 0.186 e. The molecule has 0 bridgehead atoms. The van der Waals surface area contributed by atoms with E-state index in [1.807, 2.05) is 6.07 Å². The molecule has 1 aliphatic rings. The van der Waals surface area contributed by atoms with Crippen LogP contribution in [0, 0.1) is 0 Å². The fourth-order valence-corrected chi connectivity index (χ4v) is 5.08.